The minimum Gasteiger partial charge on any atom is -0.357 e. The number of aliphatic imine (C=N–C) groups is 1. The van der Waals surface area contributed by atoms with E-state index in [4.69, 9.17) is 0 Å². The van der Waals surface area contributed by atoms with Crippen molar-refractivity contribution < 1.29 is 4.79 Å². The highest BCUT2D eigenvalue weighted by atomic mass is 32.1. The molecule has 1 aromatic heterocycles. The summed E-state index contributed by atoms with van der Waals surface area (Å²) >= 11 is 1.68. The van der Waals surface area contributed by atoms with Gasteiger partial charge in [-0.25, -0.2) is 4.99 Å². The van der Waals surface area contributed by atoms with Gasteiger partial charge in [0.2, 0.25) is 0 Å². The molecule has 0 aliphatic carbocycles. The zero-order valence-corrected chi connectivity index (χ0v) is 17.1. The normalized spacial score (nSPS) is 11.5. The molecule has 1 amide bonds. The van der Waals surface area contributed by atoms with Gasteiger partial charge in [-0.2, -0.15) is 11.3 Å². The van der Waals surface area contributed by atoms with Crippen molar-refractivity contribution in [1.29, 1.82) is 0 Å². The number of hydrogen-bond donors (Lipinski definition) is 3. The fourth-order valence-electron chi connectivity index (χ4n) is 2.40. The Bertz CT molecular complexity index is 728. The molecule has 146 valence electrons. The summed E-state index contributed by atoms with van der Waals surface area (Å²) in [5.74, 6) is 0.723. The maximum Gasteiger partial charge on any atom is 0.251 e. The van der Waals surface area contributed by atoms with Gasteiger partial charge in [0.05, 0.1) is 6.54 Å². The number of nitrogens with one attached hydrogen (secondary N) is 3. The molecule has 0 saturated carbocycles. The predicted octanol–water partition coefficient (Wildman–Crippen LogP) is 2.29. The lowest BCUT2D eigenvalue weighted by atomic mass is 10.1. The molecule has 0 unspecified atom stereocenters. The van der Waals surface area contributed by atoms with Crippen molar-refractivity contribution in [1.82, 2.24) is 20.9 Å². The third-order valence-corrected chi connectivity index (χ3v) is 4.57. The maximum atomic E-state index is 12.3. The molecular formula is C20H29N5OS. The number of rotatable bonds is 9. The van der Waals surface area contributed by atoms with Crippen LogP contribution in [0, 0.1) is 0 Å². The second-order valence-electron chi connectivity index (χ2n) is 6.44. The first-order valence-corrected chi connectivity index (χ1v) is 10.1. The Labute approximate surface area is 165 Å². The number of carbonyl (C=O) groups excluding carboxylic acids is 1. The number of hydrogen-bond acceptors (Lipinski definition) is 4. The Morgan fingerprint density at radius 1 is 1.15 bits per heavy atom. The van der Waals surface area contributed by atoms with E-state index in [1.54, 1.807) is 11.3 Å². The fraction of sp³-hybridized carbons (Fsp3) is 0.400. The lowest BCUT2D eigenvalue weighted by molar-refractivity contribution is 0.0951. The largest absolute Gasteiger partial charge is 0.357 e. The molecule has 0 bridgehead atoms. The Morgan fingerprint density at radius 2 is 2.00 bits per heavy atom. The standard InChI is InChI=1S/C20H29N5OS/c1-4-21-20(24-14-17-8-11-27-15-17)23-13-16-6-5-7-18(12-16)19(26)22-9-10-25(2)3/h5-8,11-12,15H,4,9-10,13-14H2,1-3H3,(H,22,26)(H2,21,23,24). The van der Waals surface area contributed by atoms with E-state index >= 15 is 0 Å². The van der Waals surface area contributed by atoms with Crippen molar-refractivity contribution >= 4 is 23.2 Å². The van der Waals surface area contributed by atoms with Crippen LogP contribution in [-0.2, 0) is 13.1 Å². The van der Waals surface area contributed by atoms with E-state index in [2.05, 4.69) is 37.8 Å². The van der Waals surface area contributed by atoms with Crippen LogP contribution >= 0.6 is 11.3 Å². The molecule has 1 aromatic carbocycles. The van der Waals surface area contributed by atoms with E-state index in [0.717, 1.165) is 24.6 Å². The Hall–Kier alpha value is -2.38. The Kier molecular flexibility index (Phi) is 8.80. The third kappa shape index (κ3) is 7.80. The first-order chi connectivity index (χ1) is 13.1. The molecule has 0 aliphatic heterocycles. The number of thiophene rings is 1. The van der Waals surface area contributed by atoms with Crippen molar-refractivity contribution in [3.63, 3.8) is 0 Å². The number of amides is 1. The third-order valence-electron chi connectivity index (χ3n) is 3.84. The first kappa shape index (κ1) is 20.9. The molecule has 0 radical (unpaired) electrons. The summed E-state index contributed by atoms with van der Waals surface area (Å²) in [7, 11) is 3.97. The molecule has 2 aromatic rings. The quantitative estimate of drug-likeness (QED) is 0.456. The van der Waals surface area contributed by atoms with Crippen LogP contribution in [0.2, 0.25) is 0 Å². The van der Waals surface area contributed by atoms with E-state index in [9.17, 15) is 4.79 Å². The van der Waals surface area contributed by atoms with Gasteiger partial charge in [-0.3, -0.25) is 4.79 Å². The second-order valence-corrected chi connectivity index (χ2v) is 7.22. The predicted molar refractivity (Wildman–Crippen MR) is 113 cm³/mol. The number of nitrogens with zero attached hydrogens (tertiary/aromatic N) is 2. The molecule has 6 nitrogen and oxygen atoms in total. The lowest BCUT2D eigenvalue weighted by Gasteiger charge is -2.13. The highest BCUT2D eigenvalue weighted by Crippen LogP contribution is 2.07. The van der Waals surface area contributed by atoms with Crippen LogP contribution in [0.25, 0.3) is 0 Å². The summed E-state index contributed by atoms with van der Waals surface area (Å²) in [4.78, 5) is 18.9. The Morgan fingerprint density at radius 3 is 2.70 bits per heavy atom. The monoisotopic (exact) mass is 387 g/mol. The minimum atomic E-state index is -0.0447. The van der Waals surface area contributed by atoms with Gasteiger partial charge in [-0.05, 0) is 61.1 Å². The molecule has 3 N–H and O–H groups in total. The second kappa shape index (κ2) is 11.4. The zero-order chi connectivity index (χ0) is 19.5. The van der Waals surface area contributed by atoms with Gasteiger partial charge in [-0.1, -0.05) is 12.1 Å². The van der Waals surface area contributed by atoms with Crippen LogP contribution < -0.4 is 16.0 Å². The van der Waals surface area contributed by atoms with Gasteiger partial charge < -0.3 is 20.9 Å². The number of guanidine groups is 1. The first-order valence-electron chi connectivity index (χ1n) is 9.13. The van der Waals surface area contributed by atoms with E-state index < -0.39 is 0 Å². The van der Waals surface area contributed by atoms with Crippen LogP contribution in [0.1, 0.15) is 28.4 Å². The molecular weight excluding hydrogens is 358 g/mol. The molecule has 0 atom stereocenters. The molecule has 1 heterocycles. The van der Waals surface area contributed by atoms with Gasteiger partial charge in [0, 0.05) is 31.7 Å². The summed E-state index contributed by atoms with van der Waals surface area (Å²) in [6, 6.07) is 9.75. The van der Waals surface area contributed by atoms with E-state index in [0.29, 0.717) is 25.2 Å². The molecule has 2 rings (SSSR count). The molecule has 7 heteroatoms. The SMILES string of the molecule is CCNC(=NCc1ccsc1)NCc1cccc(C(=O)NCCN(C)C)c1. The summed E-state index contributed by atoms with van der Waals surface area (Å²) in [6.45, 7) is 5.54. The van der Waals surface area contributed by atoms with E-state index in [1.165, 1.54) is 5.56 Å². The van der Waals surface area contributed by atoms with Crippen molar-refractivity contribution in [3.8, 4) is 0 Å². The van der Waals surface area contributed by atoms with Crippen molar-refractivity contribution in [2.45, 2.75) is 20.0 Å². The number of carbonyl (C=O) groups is 1. The number of benzene rings is 1. The highest BCUT2D eigenvalue weighted by Gasteiger charge is 2.06. The van der Waals surface area contributed by atoms with Crippen LogP contribution in [0.5, 0.6) is 0 Å². The summed E-state index contributed by atoms with van der Waals surface area (Å²) in [6.07, 6.45) is 0. The lowest BCUT2D eigenvalue weighted by Crippen LogP contribution is -2.36. The highest BCUT2D eigenvalue weighted by molar-refractivity contribution is 7.07. The molecule has 27 heavy (non-hydrogen) atoms. The van der Waals surface area contributed by atoms with Gasteiger partial charge in [0.1, 0.15) is 0 Å². The topological polar surface area (TPSA) is 68.8 Å². The number of likely N-dealkylation sites (N-methyl/N-ethyl adjacent to an activating group) is 1. The van der Waals surface area contributed by atoms with Crippen LogP contribution in [-0.4, -0.2) is 50.5 Å². The zero-order valence-electron chi connectivity index (χ0n) is 16.3. The van der Waals surface area contributed by atoms with Gasteiger partial charge in [-0.15, -0.1) is 0 Å². The fourth-order valence-corrected chi connectivity index (χ4v) is 3.06. The average molecular weight is 388 g/mol. The van der Waals surface area contributed by atoms with Gasteiger partial charge in [0.15, 0.2) is 5.96 Å². The molecule has 0 fully saturated rings. The van der Waals surface area contributed by atoms with Crippen LogP contribution in [0.4, 0.5) is 0 Å². The molecule has 0 aliphatic rings. The molecule has 0 saturated heterocycles. The average Bonchev–Trinajstić information content (AvgIpc) is 3.17. The summed E-state index contributed by atoms with van der Waals surface area (Å²) in [5, 5.41) is 13.7. The van der Waals surface area contributed by atoms with Gasteiger partial charge in [0.25, 0.3) is 5.91 Å². The maximum absolute atomic E-state index is 12.3. The summed E-state index contributed by atoms with van der Waals surface area (Å²) in [5.41, 5.74) is 2.92. The van der Waals surface area contributed by atoms with Crippen molar-refractivity contribution in [2.75, 3.05) is 33.7 Å². The summed E-state index contributed by atoms with van der Waals surface area (Å²) < 4.78 is 0. The minimum absolute atomic E-state index is 0.0447. The van der Waals surface area contributed by atoms with Crippen molar-refractivity contribution in [2.24, 2.45) is 4.99 Å². The van der Waals surface area contributed by atoms with Crippen LogP contribution in [0.3, 0.4) is 0 Å². The van der Waals surface area contributed by atoms with E-state index in [1.807, 2.05) is 50.2 Å². The van der Waals surface area contributed by atoms with Gasteiger partial charge >= 0.3 is 0 Å². The van der Waals surface area contributed by atoms with Crippen LogP contribution in [0.15, 0.2) is 46.1 Å². The molecule has 0 spiro atoms. The van der Waals surface area contributed by atoms with Crippen molar-refractivity contribution in [3.05, 3.63) is 57.8 Å². The smallest absolute Gasteiger partial charge is 0.251 e. The Balaban J connectivity index is 1.91. The van der Waals surface area contributed by atoms with E-state index in [-0.39, 0.29) is 5.91 Å².